The molecule has 5 nitrogen and oxygen atoms in total. The lowest BCUT2D eigenvalue weighted by Gasteiger charge is -1.97. The van der Waals surface area contributed by atoms with Gasteiger partial charge in [0.25, 0.3) is 0 Å². The molecule has 0 unspecified atom stereocenters. The monoisotopic (exact) mass is 213 g/mol. The van der Waals surface area contributed by atoms with Crippen molar-refractivity contribution in [2.75, 3.05) is 6.61 Å². The Morgan fingerprint density at radius 2 is 1.42 bits per heavy atom. The Kier molecular flexibility index (Phi) is 9.07. The van der Waals surface area contributed by atoms with Crippen molar-refractivity contribution in [1.29, 1.82) is 0 Å². The Hall–Kier alpha value is -0.380. The van der Waals surface area contributed by atoms with E-state index < -0.39 is 15.6 Å². The van der Waals surface area contributed by atoms with Crippen molar-refractivity contribution in [3.8, 4) is 0 Å². The van der Waals surface area contributed by atoms with Crippen LogP contribution in [0.2, 0.25) is 0 Å². The largest absolute Gasteiger partial charge is 0.522 e. The minimum Gasteiger partial charge on any atom is -0.397 e. The Bertz CT molecular complexity index is 186. The normalized spacial score (nSPS) is 10.8. The van der Waals surface area contributed by atoms with Gasteiger partial charge in [0, 0.05) is 6.61 Å². The molecule has 0 heterocycles. The van der Waals surface area contributed by atoms with Gasteiger partial charge < -0.3 is 11.3 Å². The third-order valence-corrected chi connectivity index (χ3v) is 0.877. The van der Waals surface area contributed by atoms with Crippen molar-refractivity contribution in [1.82, 2.24) is 6.15 Å². The van der Waals surface area contributed by atoms with Crippen molar-refractivity contribution in [2.24, 2.45) is 0 Å². The molecule has 9 heteroatoms. The molecule has 0 aromatic heterocycles. The molecule has 0 fully saturated rings. The summed E-state index contributed by atoms with van der Waals surface area (Å²) in [6, 6.07) is 0. The van der Waals surface area contributed by atoms with Gasteiger partial charge in [0.2, 0.25) is 0 Å². The average Bonchev–Trinajstić information content (AvgIpc) is 1.60. The molecule has 0 atom stereocenters. The van der Waals surface area contributed by atoms with Crippen LogP contribution < -0.4 is 6.15 Å². The summed E-state index contributed by atoms with van der Waals surface area (Å²) in [6.07, 6.45) is 0. The number of alkyl halides is 3. The summed E-state index contributed by atoms with van der Waals surface area (Å²) in [5, 5.41) is 7.57. The van der Waals surface area contributed by atoms with E-state index in [0.29, 0.717) is 0 Å². The fourth-order valence-corrected chi connectivity index (χ4v) is 0. The number of aliphatic hydroxyl groups excluding tert-OH is 1. The molecule has 0 aromatic rings. The van der Waals surface area contributed by atoms with E-state index in [0.717, 1.165) is 0 Å². The molecule has 78 valence electrons. The molecule has 0 amide bonds. The van der Waals surface area contributed by atoms with Gasteiger partial charge in [-0.05, 0) is 6.92 Å². The highest BCUT2D eigenvalue weighted by atomic mass is 32.2. The van der Waals surface area contributed by atoms with Gasteiger partial charge in [-0.15, -0.1) is 0 Å². The predicted octanol–water partition coefficient (Wildman–Crippen LogP) is 0.555. The third kappa shape index (κ3) is 9.62. The molecule has 0 aromatic carbocycles. The van der Waals surface area contributed by atoms with Crippen LogP contribution in [-0.4, -0.2) is 30.2 Å². The first-order chi connectivity index (χ1) is 4.66. The highest BCUT2D eigenvalue weighted by Crippen LogP contribution is 2.20. The van der Waals surface area contributed by atoms with Gasteiger partial charge in [-0.25, -0.2) is 0 Å². The summed E-state index contributed by atoms with van der Waals surface area (Å²) in [5.74, 6) is 0. The highest BCUT2D eigenvalue weighted by Gasteiger charge is 2.44. The Labute approximate surface area is 67.5 Å². The van der Waals surface area contributed by atoms with Gasteiger partial charge in [-0.2, -0.15) is 21.6 Å². The van der Waals surface area contributed by atoms with E-state index in [1.807, 2.05) is 0 Å². The van der Waals surface area contributed by atoms with E-state index in [4.69, 9.17) is 18.1 Å². The molecular weight excluding hydrogens is 203 g/mol. The van der Waals surface area contributed by atoms with Crippen LogP contribution in [0.5, 0.6) is 0 Å². The molecule has 12 heavy (non-hydrogen) atoms. The molecule has 0 saturated carbocycles. The summed E-state index contributed by atoms with van der Waals surface area (Å²) in [5.41, 5.74) is -5.53. The van der Waals surface area contributed by atoms with E-state index in [-0.39, 0.29) is 12.8 Å². The van der Waals surface area contributed by atoms with E-state index in [1.165, 1.54) is 0 Å². The molecule has 0 radical (unpaired) electrons. The van der Waals surface area contributed by atoms with Crippen LogP contribution in [0.3, 0.4) is 0 Å². The standard InChI is InChI=1S/C2H6O.CHF3O3S.H3N/c1-2-3;2-1(3,4)8(5,6)7;/h3H,2H2,1H3;(H,5,6,7);1H3. The second-order valence-electron chi connectivity index (χ2n) is 1.24. The van der Waals surface area contributed by atoms with Crippen LogP contribution >= 0.6 is 0 Å². The predicted molar refractivity (Wildman–Crippen MR) is 35.4 cm³/mol. The summed E-state index contributed by atoms with van der Waals surface area (Å²) in [6.45, 7) is 1.93. The fraction of sp³-hybridized carbons (Fsp3) is 1.00. The number of rotatable bonds is 0. The van der Waals surface area contributed by atoms with Crippen LogP contribution in [0.25, 0.3) is 0 Å². The maximum Gasteiger partial charge on any atom is 0.522 e. The topological polar surface area (TPSA) is 110 Å². The van der Waals surface area contributed by atoms with Crippen molar-refractivity contribution >= 4 is 10.1 Å². The van der Waals surface area contributed by atoms with Crippen LogP contribution in [-0.2, 0) is 10.1 Å². The highest BCUT2D eigenvalue weighted by molar-refractivity contribution is 7.86. The molecule has 5 N–H and O–H groups in total. The Morgan fingerprint density at radius 1 is 1.33 bits per heavy atom. The Morgan fingerprint density at radius 3 is 1.42 bits per heavy atom. The molecule has 0 aliphatic carbocycles. The van der Waals surface area contributed by atoms with Crippen molar-refractivity contribution < 1.29 is 31.2 Å². The van der Waals surface area contributed by atoms with E-state index in [1.54, 1.807) is 6.92 Å². The summed E-state index contributed by atoms with van der Waals surface area (Å²) in [4.78, 5) is 0. The molecule has 0 spiro atoms. The quantitative estimate of drug-likeness (QED) is 0.402. The van der Waals surface area contributed by atoms with Gasteiger partial charge in [-0.3, -0.25) is 4.55 Å². The van der Waals surface area contributed by atoms with Crippen molar-refractivity contribution in [3.63, 3.8) is 0 Å². The SMILES string of the molecule is CCO.N.O=S(=O)(O)C(F)(F)F. The average molecular weight is 213 g/mol. The van der Waals surface area contributed by atoms with Crippen LogP contribution in [0, 0.1) is 0 Å². The van der Waals surface area contributed by atoms with E-state index in [2.05, 4.69) is 0 Å². The molecule has 0 aliphatic rings. The molecular formula is C3H10F3NO4S. The first kappa shape index (κ1) is 17.6. The van der Waals surface area contributed by atoms with Crippen LogP contribution in [0.4, 0.5) is 13.2 Å². The number of hydrogen-bond donors (Lipinski definition) is 3. The van der Waals surface area contributed by atoms with Gasteiger partial charge in [0.1, 0.15) is 0 Å². The minimum atomic E-state index is -5.84. The molecule has 0 aliphatic heterocycles. The Balaban J connectivity index is -0.000000177. The molecule has 0 saturated heterocycles. The second kappa shape index (κ2) is 6.17. The summed E-state index contributed by atoms with van der Waals surface area (Å²) < 4.78 is 57.5. The zero-order valence-electron chi connectivity index (χ0n) is 6.17. The smallest absolute Gasteiger partial charge is 0.397 e. The first-order valence-corrected chi connectivity index (χ1v) is 3.75. The number of halogens is 3. The van der Waals surface area contributed by atoms with E-state index >= 15 is 0 Å². The maximum atomic E-state index is 10.7. The van der Waals surface area contributed by atoms with E-state index in [9.17, 15) is 13.2 Å². The van der Waals surface area contributed by atoms with Crippen molar-refractivity contribution in [2.45, 2.75) is 12.4 Å². The van der Waals surface area contributed by atoms with Gasteiger partial charge in [0.05, 0.1) is 0 Å². The maximum absolute atomic E-state index is 10.7. The minimum absolute atomic E-state index is 0. The number of aliphatic hydroxyl groups is 1. The number of hydrogen-bond acceptors (Lipinski definition) is 4. The van der Waals surface area contributed by atoms with Crippen LogP contribution in [0.1, 0.15) is 6.92 Å². The lowest BCUT2D eigenvalue weighted by atomic mass is 10.9. The first-order valence-electron chi connectivity index (χ1n) is 2.31. The summed E-state index contributed by atoms with van der Waals surface area (Å²) in [7, 11) is -5.84. The zero-order valence-corrected chi connectivity index (χ0v) is 6.98. The lowest BCUT2D eigenvalue weighted by molar-refractivity contribution is -0.0510. The fourth-order valence-electron chi connectivity index (χ4n) is 0. The van der Waals surface area contributed by atoms with Crippen molar-refractivity contribution in [3.05, 3.63) is 0 Å². The molecule has 0 bridgehead atoms. The third-order valence-electron chi connectivity index (χ3n) is 0.292. The second-order valence-corrected chi connectivity index (χ2v) is 2.65. The lowest BCUT2D eigenvalue weighted by Crippen LogP contribution is -2.21. The van der Waals surface area contributed by atoms with Gasteiger partial charge >= 0.3 is 15.6 Å². The van der Waals surface area contributed by atoms with Gasteiger partial charge in [-0.1, -0.05) is 0 Å². The van der Waals surface area contributed by atoms with Crippen LogP contribution in [0.15, 0.2) is 0 Å². The zero-order chi connectivity index (χ0) is 9.71. The summed E-state index contributed by atoms with van der Waals surface area (Å²) >= 11 is 0. The van der Waals surface area contributed by atoms with Gasteiger partial charge in [0.15, 0.2) is 0 Å². The molecule has 0 rings (SSSR count).